The highest BCUT2D eigenvalue weighted by Gasteiger charge is 2.18. The third kappa shape index (κ3) is 3.44. The van der Waals surface area contributed by atoms with Crippen molar-refractivity contribution in [1.29, 1.82) is 0 Å². The molecule has 0 saturated heterocycles. The summed E-state index contributed by atoms with van der Waals surface area (Å²) in [5.41, 5.74) is 0. The molecular weight excluding hydrogens is 216 g/mol. The van der Waals surface area contributed by atoms with Crippen molar-refractivity contribution in [3.8, 4) is 5.75 Å². The highest BCUT2D eigenvalue weighted by atomic mass is 32.2. The van der Waals surface area contributed by atoms with Gasteiger partial charge in [-0.1, -0.05) is 19.8 Å². The van der Waals surface area contributed by atoms with E-state index in [1.807, 2.05) is 11.8 Å². The molecule has 2 rings (SSSR count). The molecule has 1 aliphatic rings. The first kappa shape index (κ1) is 11.8. The first-order chi connectivity index (χ1) is 7.88. The van der Waals surface area contributed by atoms with Crippen LogP contribution in [0.4, 0.5) is 0 Å². The highest BCUT2D eigenvalue weighted by Crippen LogP contribution is 2.36. The van der Waals surface area contributed by atoms with Crippen LogP contribution < -0.4 is 4.74 Å². The van der Waals surface area contributed by atoms with E-state index in [0.29, 0.717) is 0 Å². The second kappa shape index (κ2) is 6.19. The average Bonchev–Trinajstić information content (AvgIpc) is 2.26. The molecule has 0 heterocycles. The van der Waals surface area contributed by atoms with Crippen LogP contribution in [0.2, 0.25) is 0 Å². The van der Waals surface area contributed by atoms with E-state index in [1.165, 1.54) is 30.6 Å². The Morgan fingerprint density at radius 1 is 1.25 bits per heavy atom. The zero-order valence-electron chi connectivity index (χ0n) is 9.95. The number of hydrogen-bond donors (Lipinski definition) is 0. The molecule has 0 radical (unpaired) electrons. The Hall–Kier alpha value is -0.630. The van der Waals surface area contributed by atoms with Gasteiger partial charge >= 0.3 is 0 Å². The van der Waals surface area contributed by atoms with E-state index in [4.69, 9.17) is 4.74 Å². The van der Waals surface area contributed by atoms with Gasteiger partial charge < -0.3 is 4.74 Å². The molecule has 0 aliphatic heterocycles. The van der Waals surface area contributed by atoms with Crippen molar-refractivity contribution in [2.75, 3.05) is 6.61 Å². The minimum atomic E-state index is 0.839. The lowest BCUT2D eigenvalue weighted by Crippen LogP contribution is -2.12. The zero-order chi connectivity index (χ0) is 11.2. The van der Waals surface area contributed by atoms with Crippen molar-refractivity contribution in [2.24, 2.45) is 0 Å². The molecule has 0 bridgehead atoms. The molecule has 0 spiro atoms. The molecule has 16 heavy (non-hydrogen) atoms. The van der Waals surface area contributed by atoms with Crippen LogP contribution >= 0.6 is 11.8 Å². The predicted molar refractivity (Wildman–Crippen MR) is 70.3 cm³/mol. The zero-order valence-corrected chi connectivity index (χ0v) is 10.8. The average molecular weight is 236 g/mol. The van der Waals surface area contributed by atoms with E-state index in [9.17, 15) is 0 Å². The van der Waals surface area contributed by atoms with Crippen LogP contribution in [0.1, 0.15) is 39.0 Å². The molecule has 0 aromatic heterocycles. The monoisotopic (exact) mass is 236 g/mol. The van der Waals surface area contributed by atoms with E-state index in [2.05, 4.69) is 31.2 Å². The maximum absolute atomic E-state index is 5.64. The standard InChI is InChI=1S/C14H20OS/c1-2-3-11-15-12-7-9-14(10-8-12)16-13-5-4-6-13/h7-10,13H,2-6,11H2,1H3. The Morgan fingerprint density at radius 2 is 2.00 bits per heavy atom. The molecule has 2 heteroatoms. The Morgan fingerprint density at radius 3 is 2.56 bits per heavy atom. The SMILES string of the molecule is CCCCOc1ccc(SC2CCC2)cc1. The molecule has 0 N–H and O–H groups in total. The van der Waals surface area contributed by atoms with Gasteiger partial charge in [-0.25, -0.2) is 0 Å². The van der Waals surface area contributed by atoms with Crippen LogP contribution in [0, 0.1) is 0 Å². The fourth-order valence-corrected chi connectivity index (χ4v) is 2.88. The van der Waals surface area contributed by atoms with Crippen molar-refractivity contribution in [3.05, 3.63) is 24.3 Å². The number of unbranched alkanes of at least 4 members (excludes halogenated alkanes) is 1. The number of rotatable bonds is 6. The minimum Gasteiger partial charge on any atom is -0.494 e. The summed E-state index contributed by atoms with van der Waals surface area (Å²) in [6.07, 6.45) is 6.52. The Kier molecular flexibility index (Phi) is 4.58. The summed E-state index contributed by atoms with van der Waals surface area (Å²) in [5.74, 6) is 1.01. The molecule has 0 atom stereocenters. The summed E-state index contributed by atoms with van der Waals surface area (Å²) < 4.78 is 5.64. The highest BCUT2D eigenvalue weighted by molar-refractivity contribution is 8.00. The summed E-state index contributed by atoms with van der Waals surface area (Å²) in [6.45, 7) is 3.02. The van der Waals surface area contributed by atoms with Crippen molar-refractivity contribution in [2.45, 2.75) is 49.2 Å². The smallest absolute Gasteiger partial charge is 0.119 e. The van der Waals surface area contributed by atoms with Gasteiger partial charge in [-0.05, 0) is 43.5 Å². The molecule has 1 fully saturated rings. The first-order valence-electron chi connectivity index (χ1n) is 6.28. The van der Waals surface area contributed by atoms with Crippen molar-refractivity contribution in [1.82, 2.24) is 0 Å². The maximum atomic E-state index is 5.64. The first-order valence-corrected chi connectivity index (χ1v) is 7.16. The number of ether oxygens (including phenoxy) is 1. The van der Waals surface area contributed by atoms with E-state index in [1.54, 1.807) is 0 Å². The lowest BCUT2D eigenvalue weighted by molar-refractivity contribution is 0.309. The van der Waals surface area contributed by atoms with E-state index in [-0.39, 0.29) is 0 Å². The Bertz CT molecular complexity index is 303. The van der Waals surface area contributed by atoms with E-state index >= 15 is 0 Å². The Labute approximate surface area is 103 Å². The normalized spacial score (nSPS) is 15.8. The molecule has 1 aliphatic carbocycles. The van der Waals surface area contributed by atoms with Gasteiger partial charge in [0.1, 0.15) is 5.75 Å². The maximum Gasteiger partial charge on any atom is 0.119 e. The fourth-order valence-electron chi connectivity index (χ4n) is 1.63. The number of thioether (sulfide) groups is 1. The van der Waals surface area contributed by atoms with Crippen LogP contribution in [0.15, 0.2) is 29.2 Å². The third-order valence-electron chi connectivity index (χ3n) is 2.95. The molecule has 88 valence electrons. The van der Waals surface area contributed by atoms with Gasteiger partial charge in [-0.3, -0.25) is 0 Å². The summed E-state index contributed by atoms with van der Waals surface area (Å²) in [6, 6.07) is 8.56. The molecule has 1 aromatic carbocycles. The molecular formula is C14H20OS. The van der Waals surface area contributed by atoms with Crippen LogP contribution in [0.5, 0.6) is 5.75 Å². The summed E-state index contributed by atoms with van der Waals surface area (Å²) in [5, 5.41) is 0.867. The van der Waals surface area contributed by atoms with Crippen LogP contribution in [0.3, 0.4) is 0 Å². The molecule has 0 unspecified atom stereocenters. The van der Waals surface area contributed by atoms with Crippen LogP contribution in [-0.4, -0.2) is 11.9 Å². The van der Waals surface area contributed by atoms with Gasteiger partial charge in [-0.15, -0.1) is 11.8 Å². The summed E-state index contributed by atoms with van der Waals surface area (Å²) >= 11 is 2.01. The second-order valence-corrected chi connectivity index (χ2v) is 5.72. The number of hydrogen-bond acceptors (Lipinski definition) is 2. The lowest BCUT2D eigenvalue weighted by atomic mass is 10.0. The fraction of sp³-hybridized carbons (Fsp3) is 0.571. The van der Waals surface area contributed by atoms with Gasteiger partial charge in [0.2, 0.25) is 0 Å². The van der Waals surface area contributed by atoms with Gasteiger partial charge in [-0.2, -0.15) is 0 Å². The molecule has 1 nitrogen and oxygen atoms in total. The lowest BCUT2D eigenvalue weighted by Gasteiger charge is -2.24. The van der Waals surface area contributed by atoms with Gasteiger partial charge in [0.25, 0.3) is 0 Å². The van der Waals surface area contributed by atoms with Crippen molar-refractivity contribution in [3.63, 3.8) is 0 Å². The quantitative estimate of drug-likeness (QED) is 0.672. The number of benzene rings is 1. The third-order valence-corrected chi connectivity index (χ3v) is 4.29. The van der Waals surface area contributed by atoms with Crippen molar-refractivity contribution < 1.29 is 4.74 Å². The van der Waals surface area contributed by atoms with Crippen LogP contribution in [-0.2, 0) is 0 Å². The van der Waals surface area contributed by atoms with Gasteiger partial charge in [0.15, 0.2) is 0 Å². The second-order valence-electron chi connectivity index (χ2n) is 4.34. The molecule has 1 aromatic rings. The molecule has 1 saturated carbocycles. The van der Waals surface area contributed by atoms with E-state index in [0.717, 1.165) is 24.0 Å². The van der Waals surface area contributed by atoms with Crippen molar-refractivity contribution >= 4 is 11.8 Å². The predicted octanol–water partition coefficient (Wildman–Crippen LogP) is 4.51. The molecule has 0 amide bonds. The summed E-state index contributed by atoms with van der Waals surface area (Å²) in [7, 11) is 0. The summed E-state index contributed by atoms with van der Waals surface area (Å²) in [4.78, 5) is 1.38. The topological polar surface area (TPSA) is 9.23 Å². The largest absolute Gasteiger partial charge is 0.494 e. The van der Waals surface area contributed by atoms with E-state index < -0.39 is 0 Å². The van der Waals surface area contributed by atoms with Gasteiger partial charge in [0, 0.05) is 10.1 Å². The van der Waals surface area contributed by atoms with Crippen LogP contribution in [0.25, 0.3) is 0 Å². The minimum absolute atomic E-state index is 0.839. The van der Waals surface area contributed by atoms with Gasteiger partial charge in [0.05, 0.1) is 6.61 Å². The Balaban J connectivity index is 1.78.